The van der Waals surface area contributed by atoms with Crippen LogP contribution in [0, 0.1) is 18.3 Å². The second-order valence-electron chi connectivity index (χ2n) is 4.57. The molecule has 5 heteroatoms. The third-order valence-corrected chi connectivity index (χ3v) is 4.84. The van der Waals surface area contributed by atoms with Gasteiger partial charge in [-0.05, 0) is 36.8 Å². The van der Waals surface area contributed by atoms with E-state index in [2.05, 4.69) is 0 Å². The molecule has 2 aromatic rings. The summed E-state index contributed by atoms with van der Waals surface area (Å²) in [6.45, 7) is 1.82. The van der Waals surface area contributed by atoms with E-state index in [0.29, 0.717) is 16.2 Å². The Morgan fingerprint density at radius 3 is 2.62 bits per heavy atom. The molecule has 0 aliphatic heterocycles. The highest BCUT2D eigenvalue weighted by atomic mass is 32.2. The average molecular weight is 301 g/mol. The van der Waals surface area contributed by atoms with Gasteiger partial charge in [0.05, 0.1) is 22.3 Å². The fourth-order valence-electron chi connectivity index (χ4n) is 1.94. The number of benzene rings is 2. The van der Waals surface area contributed by atoms with Gasteiger partial charge in [0.2, 0.25) is 0 Å². The molecule has 0 unspecified atom stereocenters. The van der Waals surface area contributed by atoms with Gasteiger partial charge in [-0.3, -0.25) is 0 Å². The van der Waals surface area contributed by atoms with E-state index in [-0.39, 0.29) is 12.4 Å². The van der Waals surface area contributed by atoms with Gasteiger partial charge >= 0.3 is 0 Å². The number of aryl methyl sites for hydroxylation is 1. The largest absolute Gasteiger partial charge is 0.492 e. The van der Waals surface area contributed by atoms with Crippen LogP contribution in [-0.4, -0.2) is 20.8 Å². The topological polar surface area (TPSA) is 67.2 Å². The fraction of sp³-hybridized carbons (Fsp3) is 0.188. The maximum absolute atomic E-state index is 12.2. The molecule has 0 heterocycles. The number of sulfone groups is 1. The van der Waals surface area contributed by atoms with E-state index in [0.717, 1.165) is 5.56 Å². The molecule has 0 aliphatic rings. The predicted molar refractivity (Wildman–Crippen MR) is 79.9 cm³/mol. The Morgan fingerprint density at radius 2 is 1.90 bits per heavy atom. The van der Waals surface area contributed by atoms with Crippen molar-refractivity contribution in [2.24, 2.45) is 0 Å². The normalized spacial score (nSPS) is 10.9. The van der Waals surface area contributed by atoms with E-state index in [1.54, 1.807) is 55.5 Å². The standard InChI is InChI=1S/C16H15NO3S/c1-13-5-2-3-8-16(13)21(18,19)10-9-20-15-7-4-6-14(11-15)12-17/h2-8,11H,9-10H2,1H3. The number of rotatable bonds is 5. The minimum atomic E-state index is -3.37. The summed E-state index contributed by atoms with van der Waals surface area (Å²) in [4.78, 5) is 0.333. The van der Waals surface area contributed by atoms with Gasteiger partial charge in [0.15, 0.2) is 9.84 Å². The molecule has 0 N–H and O–H groups in total. The lowest BCUT2D eigenvalue weighted by Crippen LogP contribution is -2.15. The zero-order chi connectivity index (χ0) is 15.3. The van der Waals surface area contributed by atoms with Crippen LogP contribution in [0.25, 0.3) is 0 Å². The first-order chi connectivity index (χ1) is 10.0. The molecule has 0 atom stereocenters. The lowest BCUT2D eigenvalue weighted by Gasteiger charge is -2.09. The van der Waals surface area contributed by atoms with E-state index in [9.17, 15) is 8.42 Å². The Bertz CT molecular complexity index is 776. The van der Waals surface area contributed by atoms with Gasteiger partial charge in [-0.2, -0.15) is 5.26 Å². The Labute approximate surface area is 124 Å². The molecule has 0 radical (unpaired) electrons. The average Bonchev–Trinajstić information content (AvgIpc) is 2.47. The van der Waals surface area contributed by atoms with Crippen LogP contribution in [0.5, 0.6) is 5.75 Å². The van der Waals surface area contributed by atoms with Crippen molar-refractivity contribution in [1.29, 1.82) is 5.26 Å². The monoisotopic (exact) mass is 301 g/mol. The quantitative estimate of drug-likeness (QED) is 0.851. The summed E-state index contributed by atoms with van der Waals surface area (Å²) in [7, 11) is -3.37. The van der Waals surface area contributed by atoms with E-state index < -0.39 is 9.84 Å². The molecule has 108 valence electrons. The lowest BCUT2D eigenvalue weighted by atomic mass is 10.2. The lowest BCUT2D eigenvalue weighted by molar-refractivity contribution is 0.341. The van der Waals surface area contributed by atoms with Crippen molar-refractivity contribution < 1.29 is 13.2 Å². The number of hydrogen-bond acceptors (Lipinski definition) is 4. The van der Waals surface area contributed by atoms with Crippen LogP contribution in [-0.2, 0) is 9.84 Å². The molecule has 0 spiro atoms. The highest BCUT2D eigenvalue weighted by Gasteiger charge is 2.16. The van der Waals surface area contributed by atoms with E-state index in [1.807, 2.05) is 6.07 Å². The minimum absolute atomic E-state index is 0.0472. The van der Waals surface area contributed by atoms with Gasteiger partial charge in [0, 0.05) is 0 Å². The first-order valence-electron chi connectivity index (χ1n) is 6.44. The first-order valence-corrected chi connectivity index (χ1v) is 8.09. The molecule has 2 aromatic carbocycles. The molecular formula is C16H15NO3S. The Hall–Kier alpha value is -2.32. The van der Waals surface area contributed by atoms with Crippen LogP contribution < -0.4 is 4.74 Å². The number of ether oxygens (including phenoxy) is 1. The van der Waals surface area contributed by atoms with E-state index >= 15 is 0 Å². The zero-order valence-corrected chi connectivity index (χ0v) is 12.4. The number of nitriles is 1. The van der Waals surface area contributed by atoms with Crippen molar-refractivity contribution in [1.82, 2.24) is 0 Å². The van der Waals surface area contributed by atoms with Crippen LogP contribution in [0.1, 0.15) is 11.1 Å². The molecule has 0 fully saturated rings. The molecule has 0 saturated carbocycles. The van der Waals surface area contributed by atoms with Crippen LogP contribution >= 0.6 is 0 Å². The summed E-state index contributed by atoms with van der Waals surface area (Å²) in [6.07, 6.45) is 0. The molecule has 21 heavy (non-hydrogen) atoms. The summed E-state index contributed by atoms with van der Waals surface area (Å²) in [5, 5.41) is 8.79. The highest BCUT2D eigenvalue weighted by molar-refractivity contribution is 7.91. The van der Waals surface area contributed by atoms with Crippen molar-refractivity contribution in [2.45, 2.75) is 11.8 Å². The van der Waals surface area contributed by atoms with Gasteiger partial charge in [-0.15, -0.1) is 0 Å². The SMILES string of the molecule is Cc1ccccc1S(=O)(=O)CCOc1cccc(C#N)c1. The molecule has 0 aliphatic carbocycles. The maximum atomic E-state index is 12.2. The van der Waals surface area contributed by atoms with Gasteiger partial charge in [-0.25, -0.2) is 8.42 Å². The van der Waals surface area contributed by atoms with E-state index in [4.69, 9.17) is 10.00 Å². The van der Waals surface area contributed by atoms with Crippen LogP contribution in [0.15, 0.2) is 53.4 Å². The third-order valence-electron chi connectivity index (χ3n) is 3.01. The second kappa shape index (κ2) is 6.42. The van der Waals surface area contributed by atoms with Gasteiger partial charge in [0.25, 0.3) is 0 Å². The van der Waals surface area contributed by atoms with Crippen LogP contribution in [0.4, 0.5) is 0 Å². The van der Waals surface area contributed by atoms with Gasteiger partial charge in [0.1, 0.15) is 12.4 Å². The Balaban J connectivity index is 2.03. The van der Waals surface area contributed by atoms with Gasteiger partial charge < -0.3 is 4.74 Å². The van der Waals surface area contributed by atoms with Crippen molar-refractivity contribution in [3.63, 3.8) is 0 Å². The van der Waals surface area contributed by atoms with E-state index in [1.165, 1.54) is 0 Å². The summed E-state index contributed by atoms with van der Waals surface area (Å²) in [5.74, 6) is 0.392. The number of hydrogen-bond donors (Lipinski definition) is 0. The summed E-state index contributed by atoms with van der Waals surface area (Å²) in [6, 6.07) is 15.5. The summed E-state index contributed by atoms with van der Waals surface area (Å²) in [5.41, 5.74) is 1.21. The molecule has 0 amide bonds. The van der Waals surface area contributed by atoms with Crippen molar-refractivity contribution in [2.75, 3.05) is 12.4 Å². The fourth-order valence-corrected chi connectivity index (χ4v) is 3.31. The predicted octanol–water partition coefficient (Wildman–Crippen LogP) is 2.72. The molecule has 2 rings (SSSR count). The maximum Gasteiger partial charge on any atom is 0.181 e. The molecular weight excluding hydrogens is 286 g/mol. The number of nitrogens with zero attached hydrogens (tertiary/aromatic N) is 1. The smallest absolute Gasteiger partial charge is 0.181 e. The summed E-state index contributed by atoms with van der Waals surface area (Å²) < 4.78 is 29.9. The van der Waals surface area contributed by atoms with Crippen molar-refractivity contribution >= 4 is 9.84 Å². The molecule has 0 bridgehead atoms. The Kier molecular flexibility index (Phi) is 4.61. The zero-order valence-electron chi connectivity index (χ0n) is 11.6. The minimum Gasteiger partial charge on any atom is -0.492 e. The third kappa shape index (κ3) is 3.83. The second-order valence-corrected chi connectivity index (χ2v) is 6.65. The summed E-state index contributed by atoms with van der Waals surface area (Å²) >= 11 is 0. The van der Waals surface area contributed by atoms with Crippen molar-refractivity contribution in [3.8, 4) is 11.8 Å². The van der Waals surface area contributed by atoms with Crippen LogP contribution in [0.2, 0.25) is 0 Å². The first kappa shape index (κ1) is 15.1. The van der Waals surface area contributed by atoms with Crippen molar-refractivity contribution in [3.05, 3.63) is 59.7 Å². The molecule has 4 nitrogen and oxygen atoms in total. The molecule has 0 saturated heterocycles. The van der Waals surface area contributed by atoms with Crippen LogP contribution in [0.3, 0.4) is 0 Å². The Morgan fingerprint density at radius 1 is 1.14 bits per heavy atom. The highest BCUT2D eigenvalue weighted by Crippen LogP contribution is 2.17. The van der Waals surface area contributed by atoms with Gasteiger partial charge in [-0.1, -0.05) is 24.3 Å². The molecule has 0 aromatic heterocycles.